The quantitative estimate of drug-likeness (QED) is 0.363. The van der Waals surface area contributed by atoms with Crippen LogP contribution < -0.4 is 10.0 Å². The van der Waals surface area contributed by atoms with Crippen molar-refractivity contribution in [3.05, 3.63) is 53.6 Å². The van der Waals surface area contributed by atoms with E-state index in [9.17, 15) is 0 Å². The molecule has 2 nitrogen and oxygen atoms in total. The molecule has 2 N–H and O–H groups in total. The van der Waals surface area contributed by atoms with Crippen molar-refractivity contribution in [2.24, 2.45) is 0 Å². The third-order valence-electron chi connectivity index (χ3n) is 5.29. The average molecular weight is 357 g/mol. The zero-order valence-electron chi connectivity index (χ0n) is 15.5. The van der Waals surface area contributed by atoms with Crippen molar-refractivity contribution < 1.29 is 0 Å². The molecule has 1 aromatic rings. The van der Waals surface area contributed by atoms with E-state index in [1.165, 1.54) is 55.4 Å². The molecular weight excluding hydrogens is 324 g/mol. The first kappa shape index (κ1) is 18.8. The molecular formula is C22H32N2S. The lowest BCUT2D eigenvalue weighted by Crippen LogP contribution is -2.48. The van der Waals surface area contributed by atoms with Gasteiger partial charge >= 0.3 is 0 Å². The van der Waals surface area contributed by atoms with Crippen molar-refractivity contribution in [2.45, 2.75) is 75.3 Å². The Morgan fingerprint density at radius 3 is 2.60 bits per heavy atom. The Bertz CT molecular complexity index is 576. The molecule has 2 unspecified atom stereocenters. The zero-order valence-corrected chi connectivity index (χ0v) is 16.3. The zero-order chi connectivity index (χ0) is 17.3. The van der Waals surface area contributed by atoms with Crippen LogP contribution in [0, 0.1) is 6.92 Å². The van der Waals surface area contributed by atoms with Gasteiger partial charge < -0.3 is 5.32 Å². The third kappa shape index (κ3) is 6.32. The van der Waals surface area contributed by atoms with Gasteiger partial charge in [0.2, 0.25) is 0 Å². The van der Waals surface area contributed by atoms with E-state index >= 15 is 0 Å². The standard InChI is InChI=1S/C22H32N2S/c1-18-13-15-20(16-14-18)25-24-22-12-6-5-11-21(22)23-17-7-10-19-8-3-2-4-9-19/h2-3,9,13-16,21-24H,4-8,10-12,17H2,1H3. The second-order valence-electron chi connectivity index (χ2n) is 7.36. The van der Waals surface area contributed by atoms with Gasteiger partial charge in [-0.05, 0) is 76.1 Å². The summed E-state index contributed by atoms with van der Waals surface area (Å²) in [6.45, 7) is 3.28. The third-order valence-corrected chi connectivity index (χ3v) is 6.21. The number of hydrogen-bond donors (Lipinski definition) is 2. The molecule has 0 radical (unpaired) electrons. The van der Waals surface area contributed by atoms with E-state index in [2.05, 4.69) is 59.5 Å². The number of hydrogen-bond acceptors (Lipinski definition) is 3. The van der Waals surface area contributed by atoms with Crippen LogP contribution in [0.3, 0.4) is 0 Å². The molecule has 0 amide bonds. The van der Waals surface area contributed by atoms with Crippen LogP contribution in [0.4, 0.5) is 0 Å². The summed E-state index contributed by atoms with van der Waals surface area (Å²) in [5.41, 5.74) is 2.95. The highest BCUT2D eigenvalue weighted by molar-refractivity contribution is 7.97. The van der Waals surface area contributed by atoms with Crippen molar-refractivity contribution in [3.8, 4) is 0 Å². The first-order chi connectivity index (χ1) is 12.3. The number of nitrogens with one attached hydrogen (secondary N) is 2. The molecule has 0 aromatic heterocycles. The lowest BCUT2D eigenvalue weighted by molar-refractivity contribution is 0.314. The second kappa shape index (κ2) is 10.2. The van der Waals surface area contributed by atoms with Crippen LogP contribution in [-0.2, 0) is 0 Å². The molecule has 1 fully saturated rings. The van der Waals surface area contributed by atoms with E-state index in [4.69, 9.17) is 0 Å². The molecule has 2 aliphatic carbocycles. The monoisotopic (exact) mass is 356 g/mol. The van der Waals surface area contributed by atoms with E-state index in [1.54, 1.807) is 17.5 Å². The highest BCUT2D eigenvalue weighted by Gasteiger charge is 2.24. The normalized spacial score (nSPS) is 23.5. The molecule has 1 saturated carbocycles. The molecule has 2 atom stereocenters. The number of allylic oxidation sites excluding steroid dienone is 4. The highest BCUT2D eigenvalue weighted by Crippen LogP contribution is 2.24. The molecule has 3 heteroatoms. The predicted molar refractivity (Wildman–Crippen MR) is 110 cm³/mol. The van der Waals surface area contributed by atoms with Gasteiger partial charge in [-0.25, -0.2) is 0 Å². The Balaban J connectivity index is 1.39. The minimum atomic E-state index is 0.580. The van der Waals surface area contributed by atoms with E-state index in [0.717, 1.165) is 13.0 Å². The van der Waals surface area contributed by atoms with Gasteiger partial charge in [-0.1, -0.05) is 54.3 Å². The van der Waals surface area contributed by atoms with Gasteiger partial charge in [-0.2, -0.15) is 0 Å². The summed E-state index contributed by atoms with van der Waals surface area (Å²) in [6, 6.07) is 10.0. The SMILES string of the molecule is Cc1ccc(SNC2CCCCC2NCCCC2=CCC=CC2)cc1. The average Bonchev–Trinajstić information content (AvgIpc) is 2.66. The predicted octanol–water partition coefficient (Wildman–Crippen LogP) is 5.55. The van der Waals surface area contributed by atoms with Crippen molar-refractivity contribution >= 4 is 11.9 Å². The molecule has 3 rings (SSSR count). The number of rotatable bonds is 8. The Kier molecular flexibility index (Phi) is 7.65. The van der Waals surface area contributed by atoms with E-state index in [-0.39, 0.29) is 0 Å². The molecule has 0 bridgehead atoms. The fraction of sp³-hybridized carbons (Fsp3) is 0.545. The van der Waals surface area contributed by atoms with Gasteiger partial charge in [0.25, 0.3) is 0 Å². The Morgan fingerprint density at radius 2 is 1.84 bits per heavy atom. The first-order valence-corrected chi connectivity index (χ1v) is 10.7. The minimum absolute atomic E-state index is 0.580. The summed E-state index contributed by atoms with van der Waals surface area (Å²) in [4.78, 5) is 1.31. The maximum Gasteiger partial charge on any atom is 0.0328 e. The van der Waals surface area contributed by atoms with Gasteiger partial charge in [-0.15, -0.1) is 0 Å². The van der Waals surface area contributed by atoms with Crippen LogP contribution in [-0.4, -0.2) is 18.6 Å². The topological polar surface area (TPSA) is 24.1 Å². The lowest BCUT2D eigenvalue weighted by atomic mass is 9.91. The summed E-state index contributed by atoms with van der Waals surface area (Å²) in [5.74, 6) is 0. The molecule has 0 aliphatic heterocycles. The van der Waals surface area contributed by atoms with Crippen molar-refractivity contribution in [1.29, 1.82) is 0 Å². The van der Waals surface area contributed by atoms with Crippen molar-refractivity contribution in [2.75, 3.05) is 6.54 Å². The largest absolute Gasteiger partial charge is 0.312 e. The van der Waals surface area contributed by atoms with E-state index in [0.29, 0.717) is 12.1 Å². The van der Waals surface area contributed by atoms with Crippen LogP contribution in [0.15, 0.2) is 53.0 Å². The van der Waals surface area contributed by atoms with E-state index in [1.807, 2.05) is 0 Å². The van der Waals surface area contributed by atoms with Gasteiger partial charge in [0.05, 0.1) is 0 Å². The molecule has 136 valence electrons. The molecule has 0 heterocycles. The summed E-state index contributed by atoms with van der Waals surface area (Å²) in [5, 5.41) is 3.84. The Labute approximate surface area is 157 Å². The van der Waals surface area contributed by atoms with Crippen molar-refractivity contribution in [3.63, 3.8) is 0 Å². The van der Waals surface area contributed by atoms with Gasteiger partial charge in [-0.3, -0.25) is 4.72 Å². The highest BCUT2D eigenvalue weighted by atomic mass is 32.2. The van der Waals surface area contributed by atoms with Crippen LogP contribution in [0.1, 0.15) is 56.9 Å². The summed E-state index contributed by atoms with van der Waals surface area (Å²) < 4.78 is 3.73. The molecule has 2 aliphatic rings. The van der Waals surface area contributed by atoms with Crippen LogP contribution in [0.2, 0.25) is 0 Å². The van der Waals surface area contributed by atoms with Crippen LogP contribution in [0.5, 0.6) is 0 Å². The van der Waals surface area contributed by atoms with E-state index < -0.39 is 0 Å². The fourth-order valence-corrected chi connectivity index (χ4v) is 4.56. The maximum atomic E-state index is 3.84. The second-order valence-corrected chi connectivity index (χ2v) is 8.27. The minimum Gasteiger partial charge on any atom is -0.312 e. The number of benzene rings is 1. The summed E-state index contributed by atoms with van der Waals surface area (Å²) in [7, 11) is 0. The van der Waals surface area contributed by atoms with Crippen LogP contribution >= 0.6 is 11.9 Å². The smallest absolute Gasteiger partial charge is 0.0328 e. The Morgan fingerprint density at radius 1 is 1.04 bits per heavy atom. The maximum absolute atomic E-state index is 3.84. The molecule has 25 heavy (non-hydrogen) atoms. The Hall–Kier alpha value is -1.03. The van der Waals surface area contributed by atoms with Gasteiger partial charge in [0, 0.05) is 17.0 Å². The molecule has 0 spiro atoms. The van der Waals surface area contributed by atoms with Crippen LogP contribution in [0.25, 0.3) is 0 Å². The summed E-state index contributed by atoms with van der Waals surface area (Å²) in [6.07, 6.45) is 17.1. The summed E-state index contributed by atoms with van der Waals surface area (Å²) >= 11 is 1.79. The number of aryl methyl sites for hydroxylation is 1. The fourth-order valence-electron chi connectivity index (χ4n) is 3.72. The van der Waals surface area contributed by atoms with Gasteiger partial charge in [0.1, 0.15) is 0 Å². The molecule has 1 aromatic carbocycles. The molecule has 0 saturated heterocycles. The van der Waals surface area contributed by atoms with Gasteiger partial charge in [0.15, 0.2) is 0 Å². The lowest BCUT2D eigenvalue weighted by Gasteiger charge is -2.32. The van der Waals surface area contributed by atoms with Crippen molar-refractivity contribution in [1.82, 2.24) is 10.0 Å². The first-order valence-electron chi connectivity index (χ1n) is 9.86.